The molecule has 0 saturated heterocycles. The average Bonchev–Trinajstić information content (AvgIpc) is 2.63. The Kier molecular flexibility index (Phi) is 4.15. The number of carbonyl (C=O) groups is 1. The van der Waals surface area contributed by atoms with E-state index in [2.05, 4.69) is 21.2 Å². The van der Waals surface area contributed by atoms with Gasteiger partial charge in [0.05, 0.1) is 13.2 Å². The molecule has 0 fully saturated rings. The van der Waals surface area contributed by atoms with Crippen molar-refractivity contribution in [2.45, 2.75) is 32.4 Å². The molecule has 0 spiro atoms. The second-order valence-electron chi connectivity index (χ2n) is 4.12. The standard InChI is InChI=1S/C11H16BrNO3/c1-7(8-5-6-9(12)16-8)13-11(2,3)10(14)15-4/h5-7,13H,1-4H3. The molecule has 0 radical (unpaired) electrons. The molecule has 0 saturated carbocycles. The van der Waals surface area contributed by atoms with Crippen LogP contribution in [0.15, 0.2) is 21.2 Å². The van der Waals surface area contributed by atoms with Crippen LogP contribution in [0.1, 0.15) is 32.6 Å². The zero-order valence-corrected chi connectivity index (χ0v) is 11.4. The number of rotatable bonds is 4. The van der Waals surface area contributed by atoms with Crippen molar-refractivity contribution in [3.8, 4) is 0 Å². The number of nitrogens with one attached hydrogen (secondary N) is 1. The van der Waals surface area contributed by atoms with Gasteiger partial charge in [0, 0.05) is 0 Å². The molecule has 0 amide bonds. The van der Waals surface area contributed by atoms with Crippen LogP contribution in [-0.2, 0) is 9.53 Å². The van der Waals surface area contributed by atoms with Crippen molar-refractivity contribution in [3.63, 3.8) is 0 Å². The third-order valence-corrected chi connectivity index (χ3v) is 2.72. The summed E-state index contributed by atoms with van der Waals surface area (Å²) in [6, 6.07) is 3.61. The maximum atomic E-state index is 11.5. The Bertz CT molecular complexity index is 373. The van der Waals surface area contributed by atoms with Crippen LogP contribution in [-0.4, -0.2) is 18.6 Å². The molecule has 90 valence electrons. The smallest absolute Gasteiger partial charge is 0.325 e. The molecule has 0 bridgehead atoms. The Morgan fingerprint density at radius 2 is 2.19 bits per heavy atom. The number of esters is 1. The van der Waals surface area contributed by atoms with Crippen LogP contribution in [0.5, 0.6) is 0 Å². The van der Waals surface area contributed by atoms with Gasteiger partial charge in [-0.1, -0.05) is 0 Å². The van der Waals surface area contributed by atoms with Gasteiger partial charge < -0.3 is 9.15 Å². The number of furan rings is 1. The third kappa shape index (κ3) is 3.09. The fourth-order valence-electron chi connectivity index (χ4n) is 1.49. The van der Waals surface area contributed by atoms with Crippen molar-refractivity contribution in [2.75, 3.05) is 7.11 Å². The molecular weight excluding hydrogens is 274 g/mol. The quantitative estimate of drug-likeness (QED) is 0.866. The highest BCUT2D eigenvalue weighted by Crippen LogP contribution is 2.22. The van der Waals surface area contributed by atoms with Crippen molar-refractivity contribution < 1.29 is 13.9 Å². The first-order valence-corrected chi connectivity index (χ1v) is 5.77. The first-order valence-electron chi connectivity index (χ1n) is 4.98. The third-order valence-electron chi connectivity index (χ3n) is 2.29. The highest BCUT2D eigenvalue weighted by atomic mass is 79.9. The van der Waals surface area contributed by atoms with E-state index < -0.39 is 5.54 Å². The molecule has 1 aromatic heterocycles. The van der Waals surface area contributed by atoms with E-state index in [0.29, 0.717) is 4.67 Å². The lowest BCUT2D eigenvalue weighted by atomic mass is 10.0. The Balaban J connectivity index is 2.70. The molecule has 5 heteroatoms. The Hall–Kier alpha value is -0.810. The summed E-state index contributed by atoms with van der Waals surface area (Å²) in [4.78, 5) is 11.5. The monoisotopic (exact) mass is 289 g/mol. The second kappa shape index (κ2) is 5.01. The van der Waals surface area contributed by atoms with E-state index in [9.17, 15) is 4.79 Å². The number of methoxy groups -OCH3 is 1. The molecule has 1 aromatic rings. The van der Waals surface area contributed by atoms with Crippen LogP contribution in [0.4, 0.5) is 0 Å². The molecule has 1 unspecified atom stereocenters. The van der Waals surface area contributed by atoms with Crippen LogP contribution in [0.3, 0.4) is 0 Å². The lowest BCUT2D eigenvalue weighted by molar-refractivity contribution is -0.147. The van der Waals surface area contributed by atoms with Crippen LogP contribution in [0.25, 0.3) is 0 Å². The topological polar surface area (TPSA) is 51.5 Å². The summed E-state index contributed by atoms with van der Waals surface area (Å²) in [5.41, 5.74) is -0.743. The Morgan fingerprint density at radius 1 is 1.56 bits per heavy atom. The number of ether oxygens (including phenoxy) is 1. The highest BCUT2D eigenvalue weighted by molar-refractivity contribution is 9.10. The van der Waals surface area contributed by atoms with E-state index in [4.69, 9.17) is 9.15 Å². The van der Waals surface area contributed by atoms with Gasteiger partial charge in [-0.05, 0) is 48.8 Å². The van der Waals surface area contributed by atoms with E-state index in [1.54, 1.807) is 13.8 Å². The zero-order valence-electron chi connectivity index (χ0n) is 9.83. The van der Waals surface area contributed by atoms with E-state index in [-0.39, 0.29) is 12.0 Å². The van der Waals surface area contributed by atoms with Crippen molar-refractivity contribution in [3.05, 3.63) is 22.6 Å². The van der Waals surface area contributed by atoms with Gasteiger partial charge in [-0.2, -0.15) is 0 Å². The Labute approximate surface area is 103 Å². The van der Waals surface area contributed by atoms with Crippen molar-refractivity contribution in [1.82, 2.24) is 5.32 Å². The molecule has 0 aromatic carbocycles. The summed E-state index contributed by atoms with van der Waals surface area (Å²) < 4.78 is 10.8. The second-order valence-corrected chi connectivity index (χ2v) is 4.91. The molecule has 1 heterocycles. The van der Waals surface area contributed by atoms with Crippen LogP contribution >= 0.6 is 15.9 Å². The summed E-state index contributed by atoms with van der Waals surface area (Å²) in [6.07, 6.45) is 0. The molecule has 0 aliphatic heterocycles. The number of hydrogen-bond acceptors (Lipinski definition) is 4. The maximum absolute atomic E-state index is 11.5. The van der Waals surface area contributed by atoms with Gasteiger partial charge in [-0.25, -0.2) is 0 Å². The highest BCUT2D eigenvalue weighted by Gasteiger charge is 2.30. The summed E-state index contributed by atoms with van der Waals surface area (Å²) in [5.74, 6) is 0.467. The largest absolute Gasteiger partial charge is 0.468 e. The average molecular weight is 290 g/mol. The summed E-state index contributed by atoms with van der Waals surface area (Å²) in [7, 11) is 1.37. The molecule has 4 nitrogen and oxygen atoms in total. The number of hydrogen-bond donors (Lipinski definition) is 1. The fourth-order valence-corrected chi connectivity index (χ4v) is 1.81. The van der Waals surface area contributed by atoms with Gasteiger partial charge in [0.25, 0.3) is 0 Å². The summed E-state index contributed by atoms with van der Waals surface area (Å²) in [5, 5.41) is 3.15. The maximum Gasteiger partial charge on any atom is 0.325 e. The van der Waals surface area contributed by atoms with Gasteiger partial charge in [-0.3, -0.25) is 10.1 Å². The molecule has 1 atom stereocenters. The first-order chi connectivity index (χ1) is 7.36. The zero-order chi connectivity index (χ0) is 12.3. The molecule has 1 rings (SSSR count). The lowest BCUT2D eigenvalue weighted by Crippen LogP contribution is -2.48. The van der Waals surface area contributed by atoms with Gasteiger partial charge in [-0.15, -0.1) is 0 Å². The molecule has 0 aliphatic carbocycles. The normalized spacial score (nSPS) is 13.6. The first kappa shape index (κ1) is 13.3. The number of halogens is 1. The summed E-state index contributed by atoms with van der Waals surface area (Å²) >= 11 is 3.24. The van der Waals surface area contributed by atoms with Crippen LogP contribution < -0.4 is 5.32 Å². The van der Waals surface area contributed by atoms with Gasteiger partial charge >= 0.3 is 5.97 Å². The minimum absolute atomic E-state index is 0.0691. The van der Waals surface area contributed by atoms with Crippen LogP contribution in [0.2, 0.25) is 0 Å². The van der Waals surface area contributed by atoms with E-state index in [1.807, 2.05) is 19.1 Å². The van der Waals surface area contributed by atoms with Crippen LogP contribution in [0, 0.1) is 0 Å². The predicted octanol–water partition coefficient (Wildman–Crippen LogP) is 2.64. The molecule has 1 N–H and O–H groups in total. The molecule has 16 heavy (non-hydrogen) atoms. The van der Waals surface area contributed by atoms with Gasteiger partial charge in [0.2, 0.25) is 0 Å². The van der Waals surface area contributed by atoms with E-state index in [0.717, 1.165) is 5.76 Å². The fraction of sp³-hybridized carbons (Fsp3) is 0.545. The minimum Gasteiger partial charge on any atom is -0.468 e. The van der Waals surface area contributed by atoms with Crippen molar-refractivity contribution >= 4 is 21.9 Å². The van der Waals surface area contributed by atoms with Crippen molar-refractivity contribution in [1.29, 1.82) is 0 Å². The Morgan fingerprint density at radius 3 is 2.62 bits per heavy atom. The number of carbonyl (C=O) groups excluding carboxylic acids is 1. The predicted molar refractivity (Wildman–Crippen MR) is 64.1 cm³/mol. The molecular formula is C11H16BrNO3. The van der Waals surface area contributed by atoms with E-state index >= 15 is 0 Å². The SMILES string of the molecule is COC(=O)C(C)(C)NC(C)c1ccc(Br)o1. The van der Waals surface area contributed by atoms with Gasteiger partial charge in [0.1, 0.15) is 11.3 Å². The van der Waals surface area contributed by atoms with Gasteiger partial charge in [0.15, 0.2) is 4.67 Å². The molecule has 0 aliphatic rings. The summed E-state index contributed by atoms with van der Waals surface area (Å²) in [6.45, 7) is 5.47. The minimum atomic E-state index is -0.743. The lowest BCUT2D eigenvalue weighted by Gasteiger charge is -2.26. The van der Waals surface area contributed by atoms with Crippen molar-refractivity contribution in [2.24, 2.45) is 0 Å². The van der Waals surface area contributed by atoms with E-state index in [1.165, 1.54) is 7.11 Å².